The summed E-state index contributed by atoms with van der Waals surface area (Å²) in [4.78, 5) is 13.5. The first-order chi connectivity index (χ1) is 9.92. The summed E-state index contributed by atoms with van der Waals surface area (Å²) in [5.74, 6) is 0. The SMILES string of the molecule is O=C1OCC2(CCNCC2)N1c1ccc(C(F)(F)F)cc1. The van der Waals surface area contributed by atoms with Crippen LogP contribution < -0.4 is 10.2 Å². The van der Waals surface area contributed by atoms with Crippen molar-refractivity contribution in [3.05, 3.63) is 29.8 Å². The molecule has 21 heavy (non-hydrogen) atoms. The molecule has 1 amide bonds. The molecule has 0 atom stereocenters. The fourth-order valence-corrected chi connectivity index (χ4v) is 2.96. The molecular weight excluding hydrogens is 285 g/mol. The van der Waals surface area contributed by atoms with Crippen LogP contribution in [0.4, 0.5) is 23.7 Å². The molecule has 114 valence electrons. The van der Waals surface area contributed by atoms with E-state index < -0.39 is 23.4 Å². The van der Waals surface area contributed by atoms with Crippen molar-refractivity contribution in [3.63, 3.8) is 0 Å². The standard InChI is InChI=1S/C14H15F3N2O2/c15-14(16,17)10-1-3-11(4-2-10)19-12(20)21-9-13(19)5-7-18-8-6-13/h1-4,18H,5-9H2. The fraction of sp³-hybridized carbons (Fsp3) is 0.500. The Morgan fingerprint density at radius 2 is 1.76 bits per heavy atom. The molecule has 1 spiro atoms. The Balaban J connectivity index is 1.92. The van der Waals surface area contributed by atoms with E-state index >= 15 is 0 Å². The van der Waals surface area contributed by atoms with Gasteiger partial charge < -0.3 is 10.1 Å². The van der Waals surface area contributed by atoms with Crippen molar-refractivity contribution in [1.29, 1.82) is 0 Å². The zero-order valence-electron chi connectivity index (χ0n) is 11.2. The molecule has 3 rings (SSSR count). The maximum Gasteiger partial charge on any atom is 0.416 e. The monoisotopic (exact) mass is 300 g/mol. The summed E-state index contributed by atoms with van der Waals surface area (Å²) in [6.07, 6.45) is -3.42. The fourth-order valence-electron chi connectivity index (χ4n) is 2.96. The van der Waals surface area contributed by atoms with E-state index in [1.807, 2.05) is 0 Å². The molecule has 4 nitrogen and oxygen atoms in total. The Morgan fingerprint density at radius 1 is 1.14 bits per heavy atom. The molecule has 1 aromatic carbocycles. The third kappa shape index (κ3) is 2.46. The smallest absolute Gasteiger partial charge is 0.416 e. The van der Waals surface area contributed by atoms with E-state index in [0.29, 0.717) is 5.69 Å². The van der Waals surface area contributed by atoms with Crippen LogP contribution in [0.1, 0.15) is 18.4 Å². The van der Waals surface area contributed by atoms with Crippen molar-refractivity contribution in [2.75, 3.05) is 24.6 Å². The van der Waals surface area contributed by atoms with E-state index in [1.54, 1.807) is 0 Å². The summed E-state index contributed by atoms with van der Waals surface area (Å²) in [6, 6.07) is 4.66. The van der Waals surface area contributed by atoms with Gasteiger partial charge in [-0.3, -0.25) is 4.90 Å². The summed E-state index contributed by atoms with van der Waals surface area (Å²) in [5, 5.41) is 3.21. The summed E-state index contributed by atoms with van der Waals surface area (Å²) in [6.45, 7) is 1.80. The van der Waals surface area contributed by atoms with Crippen LogP contribution in [0.5, 0.6) is 0 Å². The number of carbonyl (C=O) groups excluding carboxylic acids is 1. The molecule has 0 radical (unpaired) electrons. The summed E-state index contributed by atoms with van der Waals surface area (Å²) >= 11 is 0. The van der Waals surface area contributed by atoms with E-state index in [1.165, 1.54) is 17.0 Å². The van der Waals surface area contributed by atoms with E-state index in [4.69, 9.17) is 4.74 Å². The zero-order chi connectivity index (χ0) is 15.1. The number of amides is 1. The summed E-state index contributed by atoms with van der Waals surface area (Å²) in [5.41, 5.74) is -0.715. The van der Waals surface area contributed by atoms with Crippen LogP contribution in [0.3, 0.4) is 0 Å². The van der Waals surface area contributed by atoms with Crippen molar-refractivity contribution < 1.29 is 22.7 Å². The Labute approximate surface area is 119 Å². The molecule has 2 heterocycles. The van der Waals surface area contributed by atoms with Crippen molar-refractivity contribution in [3.8, 4) is 0 Å². The second-order valence-electron chi connectivity index (χ2n) is 5.41. The molecule has 0 unspecified atom stereocenters. The lowest BCUT2D eigenvalue weighted by Crippen LogP contribution is -2.53. The average Bonchev–Trinajstić information content (AvgIpc) is 2.76. The lowest BCUT2D eigenvalue weighted by Gasteiger charge is -2.38. The van der Waals surface area contributed by atoms with Gasteiger partial charge in [0.1, 0.15) is 6.61 Å². The minimum Gasteiger partial charge on any atom is -0.447 e. The number of rotatable bonds is 1. The number of alkyl halides is 3. The van der Waals surface area contributed by atoms with Crippen molar-refractivity contribution in [2.24, 2.45) is 0 Å². The minimum atomic E-state index is -4.38. The van der Waals surface area contributed by atoms with Crippen LogP contribution in [0, 0.1) is 0 Å². The van der Waals surface area contributed by atoms with Gasteiger partial charge in [-0.2, -0.15) is 13.2 Å². The maximum atomic E-state index is 12.6. The summed E-state index contributed by atoms with van der Waals surface area (Å²) in [7, 11) is 0. The number of ether oxygens (including phenoxy) is 1. The number of benzene rings is 1. The molecule has 7 heteroatoms. The number of halogens is 3. The predicted molar refractivity (Wildman–Crippen MR) is 70.1 cm³/mol. The predicted octanol–water partition coefficient (Wildman–Crippen LogP) is 2.78. The normalized spacial score (nSPS) is 21.7. The highest BCUT2D eigenvalue weighted by molar-refractivity contribution is 5.91. The van der Waals surface area contributed by atoms with Gasteiger partial charge >= 0.3 is 12.3 Å². The van der Waals surface area contributed by atoms with Crippen molar-refractivity contribution >= 4 is 11.8 Å². The molecule has 0 bridgehead atoms. The van der Waals surface area contributed by atoms with Crippen LogP contribution in [-0.4, -0.2) is 31.3 Å². The summed E-state index contributed by atoms with van der Waals surface area (Å²) < 4.78 is 43.0. The molecule has 2 aliphatic rings. The molecule has 0 aliphatic carbocycles. The van der Waals surface area contributed by atoms with Crippen LogP contribution in [0.25, 0.3) is 0 Å². The van der Waals surface area contributed by atoms with Gasteiger partial charge in [-0.15, -0.1) is 0 Å². The Bertz CT molecular complexity index is 536. The number of piperidine rings is 1. The van der Waals surface area contributed by atoms with Crippen LogP contribution in [0.2, 0.25) is 0 Å². The van der Waals surface area contributed by atoms with Gasteiger partial charge in [-0.25, -0.2) is 4.79 Å². The number of nitrogens with one attached hydrogen (secondary N) is 1. The van der Waals surface area contributed by atoms with Gasteiger partial charge in [0, 0.05) is 5.69 Å². The first-order valence-electron chi connectivity index (χ1n) is 6.77. The number of hydrogen-bond acceptors (Lipinski definition) is 3. The van der Waals surface area contributed by atoms with E-state index in [9.17, 15) is 18.0 Å². The number of nitrogens with zero attached hydrogens (tertiary/aromatic N) is 1. The van der Waals surface area contributed by atoms with Crippen molar-refractivity contribution in [2.45, 2.75) is 24.6 Å². The van der Waals surface area contributed by atoms with Gasteiger partial charge in [0.2, 0.25) is 0 Å². The third-order valence-electron chi connectivity index (χ3n) is 4.11. The lowest BCUT2D eigenvalue weighted by molar-refractivity contribution is -0.137. The first kappa shape index (κ1) is 14.2. The zero-order valence-corrected chi connectivity index (χ0v) is 11.2. The topological polar surface area (TPSA) is 41.6 Å². The van der Waals surface area contributed by atoms with Gasteiger partial charge in [0.15, 0.2) is 0 Å². The average molecular weight is 300 g/mol. The maximum absolute atomic E-state index is 12.6. The highest BCUT2D eigenvalue weighted by Gasteiger charge is 2.48. The highest BCUT2D eigenvalue weighted by Crippen LogP contribution is 2.38. The van der Waals surface area contributed by atoms with Crippen LogP contribution >= 0.6 is 0 Å². The molecule has 2 fully saturated rings. The molecular formula is C14H15F3N2O2. The Morgan fingerprint density at radius 3 is 2.33 bits per heavy atom. The number of cyclic esters (lactones) is 1. The van der Waals surface area contributed by atoms with E-state index in [0.717, 1.165) is 38.1 Å². The quantitative estimate of drug-likeness (QED) is 0.867. The van der Waals surface area contributed by atoms with Crippen LogP contribution in [0.15, 0.2) is 24.3 Å². The number of carbonyl (C=O) groups is 1. The number of hydrogen-bond donors (Lipinski definition) is 1. The third-order valence-corrected chi connectivity index (χ3v) is 4.11. The molecule has 2 saturated heterocycles. The van der Waals surface area contributed by atoms with Gasteiger partial charge in [-0.05, 0) is 50.2 Å². The van der Waals surface area contributed by atoms with Gasteiger partial charge in [0.25, 0.3) is 0 Å². The second-order valence-corrected chi connectivity index (χ2v) is 5.41. The van der Waals surface area contributed by atoms with Gasteiger partial charge in [0.05, 0.1) is 11.1 Å². The van der Waals surface area contributed by atoms with E-state index in [2.05, 4.69) is 5.32 Å². The molecule has 1 N–H and O–H groups in total. The molecule has 2 aliphatic heterocycles. The minimum absolute atomic E-state index is 0.286. The van der Waals surface area contributed by atoms with Crippen molar-refractivity contribution in [1.82, 2.24) is 5.32 Å². The van der Waals surface area contributed by atoms with E-state index in [-0.39, 0.29) is 6.61 Å². The molecule has 0 aromatic heterocycles. The largest absolute Gasteiger partial charge is 0.447 e. The lowest BCUT2D eigenvalue weighted by atomic mass is 9.88. The highest BCUT2D eigenvalue weighted by atomic mass is 19.4. The second kappa shape index (κ2) is 4.91. The van der Waals surface area contributed by atoms with Gasteiger partial charge in [-0.1, -0.05) is 0 Å². The van der Waals surface area contributed by atoms with Crippen LogP contribution in [-0.2, 0) is 10.9 Å². The molecule has 1 aromatic rings. The molecule has 0 saturated carbocycles. The Hall–Kier alpha value is -1.76. The first-order valence-corrected chi connectivity index (χ1v) is 6.77. The Kier molecular flexibility index (Phi) is 3.32. The number of anilines is 1.